The fourth-order valence-corrected chi connectivity index (χ4v) is 3.30. The van der Waals surface area contributed by atoms with Crippen LogP contribution in [-0.2, 0) is 0 Å². The number of H-pyrrole nitrogens is 1. The lowest BCUT2D eigenvalue weighted by molar-refractivity contribution is 0.827. The van der Waals surface area contributed by atoms with E-state index < -0.39 is 0 Å². The molecule has 27 heavy (non-hydrogen) atoms. The predicted octanol–water partition coefficient (Wildman–Crippen LogP) is 4.54. The van der Waals surface area contributed by atoms with Gasteiger partial charge in [0, 0.05) is 29.2 Å². The number of para-hydroxylation sites is 1. The van der Waals surface area contributed by atoms with Gasteiger partial charge in [-0.05, 0) is 35.9 Å². The molecule has 3 aromatic rings. The molecule has 1 unspecified atom stereocenters. The molecule has 1 aliphatic heterocycles. The maximum Gasteiger partial charge on any atom is 0.255 e. The van der Waals surface area contributed by atoms with E-state index in [-0.39, 0.29) is 11.6 Å². The van der Waals surface area contributed by atoms with Gasteiger partial charge in [-0.2, -0.15) is 5.26 Å². The van der Waals surface area contributed by atoms with Crippen LogP contribution >= 0.6 is 0 Å². The van der Waals surface area contributed by atoms with Crippen molar-refractivity contribution in [2.24, 2.45) is 0 Å². The molecule has 4 nitrogen and oxygen atoms in total. The van der Waals surface area contributed by atoms with Crippen LogP contribution in [0.15, 0.2) is 96.1 Å². The van der Waals surface area contributed by atoms with Crippen molar-refractivity contribution < 1.29 is 0 Å². The number of allylic oxidation sites excluding steroid dienone is 2. The van der Waals surface area contributed by atoms with Crippen LogP contribution in [0.1, 0.15) is 17.2 Å². The summed E-state index contributed by atoms with van der Waals surface area (Å²) in [5.74, 6) is 0. The first-order chi connectivity index (χ1) is 13.3. The average Bonchev–Trinajstić information content (AvgIpc) is 2.75. The molecule has 130 valence electrons. The van der Waals surface area contributed by atoms with Crippen molar-refractivity contribution in [2.45, 2.75) is 6.04 Å². The number of nitrogens with one attached hydrogen (secondary N) is 1. The summed E-state index contributed by atoms with van der Waals surface area (Å²) in [7, 11) is 0. The van der Waals surface area contributed by atoms with Crippen molar-refractivity contribution in [3.05, 3.63) is 113 Å². The van der Waals surface area contributed by atoms with Gasteiger partial charge in [0.2, 0.25) is 0 Å². The molecule has 1 atom stereocenters. The van der Waals surface area contributed by atoms with Crippen LogP contribution in [0, 0.1) is 11.3 Å². The number of anilines is 1. The molecule has 0 saturated carbocycles. The highest BCUT2D eigenvalue weighted by molar-refractivity contribution is 5.70. The Hall–Kier alpha value is -3.84. The molecule has 0 amide bonds. The summed E-state index contributed by atoms with van der Waals surface area (Å²) in [5.41, 5.74) is 3.43. The van der Waals surface area contributed by atoms with E-state index in [2.05, 4.69) is 22.0 Å². The molecule has 0 bridgehead atoms. The summed E-state index contributed by atoms with van der Waals surface area (Å²) < 4.78 is 0. The highest BCUT2D eigenvalue weighted by atomic mass is 16.1. The Morgan fingerprint density at radius 1 is 0.963 bits per heavy atom. The zero-order valence-electron chi connectivity index (χ0n) is 14.5. The third kappa shape index (κ3) is 3.19. The molecule has 2 heterocycles. The van der Waals surface area contributed by atoms with Crippen LogP contribution in [-0.4, -0.2) is 4.98 Å². The molecule has 4 heteroatoms. The van der Waals surface area contributed by atoms with E-state index in [1.165, 1.54) is 0 Å². The quantitative estimate of drug-likeness (QED) is 0.753. The normalized spacial score (nSPS) is 15.5. The Kier molecular flexibility index (Phi) is 4.42. The van der Waals surface area contributed by atoms with E-state index in [9.17, 15) is 10.1 Å². The number of nitrogens with zero attached hydrogens (tertiary/aromatic N) is 2. The van der Waals surface area contributed by atoms with Crippen molar-refractivity contribution in [3.8, 4) is 17.2 Å². The van der Waals surface area contributed by atoms with E-state index in [0.29, 0.717) is 16.7 Å². The number of nitriles is 1. The van der Waals surface area contributed by atoms with E-state index in [4.69, 9.17) is 0 Å². The second-order valence-corrected chi connectivity index (χ2v) is 6.25. The summed E-state index contributed by atoms with van der Waals surface area (Å²) in [6.07, 6.45) is 9.83. The van der Waals surface area contributed by atoms with Crippen molar-refractivity contribution in [3.63, 3.8) is 0 Å². The summed E-state index contributed by atoms with van der Waals surface area (Å²) in [4.78, 5) is 17.4. The summed E-state index contributed by atoms with van der Waals surface area (Å²) in [6, 6.07) is 21.2. The Morgan fingerprint density at radius 2 is 1.74 bits per heavy atom. The minimum atomic E-state index is -0.206. The van der Waals surface area contributed by atoms with E-state index in [0.717, 1.165) is 11.3 Å². The molecule has 0 radical (unpaired) electrons. The molecule has 1 aromatic heterocycles. The van der Waals surface area contributed by atoms with Crippen LogP contribution in [0.3, 0.4) is 0 Å². The largest absolute Gasteiger partial charge is 0.337 e. The number of rotatable bonds is 3. The van der Waals surface area contributed by atoms with Gasteiger partial charge in [0.25, 0.3) is 5.56 Å². The van der Waals surface area contributed by atoms with Crippen LogP contribution in [0.5, 0.6) is 0 Å². The van der Waals surface area contributed by atoms with Gasteiger partial charge in [0.1, 0.15) is 0 Å². The smallest absolute Gasteiger partial charge is 0.255 e. The van der Waals surface area contributed by atoms with Gasteiger partial charge in [-0.3, -0.25) is 4.79 Å². The van der Waals surface area contributed by atoms with Gasteiger partial charge < -0.3 is 9.88 Å². The number of aromatic amines is 1. The first-order valence-electron chi connectivity index (χ1n) is 8.68. The highest BCUT2D eigenvalue weighted by Crippen LogP contribution is 2.32. The molecule has 0 aliphatic carbocycles. The summed E-state index contributed by atoms with van der Waals surface area (Å²) in [5, 5.41) is 9.39. The zero-order valence-corrected chi connectivity index (χ0v) is 14.5. The van der Waals surface area contributed by atoms with Crippen molar-refractivity contribution in [1.29, 1.82) is 5.26 Å². The van der Waals surface area contributed by atoms with Gasteiger partial charge in [0.15, 0.2) is 0 Å². The lowest BCUT2D eigenvalue weighted by Gasteiger charge is -2.31. The molecule has 1 N–H and O–H groups in total. The van der Waals surface area contributed by atoms with Gasteiger partial charge in [0.05, 0.1) is 17.7 Å². The molecular formula is C23H17N3O. The number of benzene rings is 2. The lowest BCUT2D eigenvalue weighted by Crippen LogP contribution is -2.24. The Morgan fingerprint density at radius 3 is 2.56 bits per heavy atom. The van der Waals surface area contributed by atoms with Crippen LogP contribution in [0.4, 0.5) is 5.69 Å². The van der Waals surface area contributed by atoms with Crippen LogP contribution in [0.2, 0.25) is 0 Å². The maximum absolute atomic E-state index is 12.5. The van der Waals surface area contributed by atoms with Crippen molar-refractivity contribution >= 4 is 5.69 Å². The van der Waals surface area contributed by atoms with Crippen molar-refractivity contribution in [1.82, 2.24) is 4.98 Å². The zero-order chi connectivity index (χ0) is 18.6. The lowest BCUT2D eigenvalue weighted by atomic mass is 9.97. The number of hydrogen-bond donors (Lipinski definition) is 1. The molecule has 2 aromatic carbocycles. The second-order valence-electron chi connectivity index (χ2n) is 6.25. The number of hydrogen-bond acceptors (Lipinski definition) is 3. The van der Waals surface area contributed by atoms with Crippen molar-refractivity contribution in [2.75, 3.05) is 4.90 Å². The minimum Gasteiger partial charge on any atom is -0.337 e. The average molecular weight is 351 g/mol. The first-order valence-corrected chi connectivity index (χ1v) is 8.68. The summed E-state index contributed by atoms with van der Waals surface area (Å²) in [6.45, 7) is 0. The van der Waals surface area contributed by atoms with Gasteiger partial charge in [-0.1, -0.05) is 48.6 Å². The van der Waals surface area contributed by atoms with E-state index >= 15 is 0 Å². The Labute approximate surface area is 157 Å². The van der Waals surface area contributed by atoms with Gasteiger partial charge >= 0.3 is 0 Å². The van der Waals surface area contributed by atoms with Crippen LogP contribution in [0.25, 0.3) is 11.1 Å². The first kappa shape index (κ1) is 16.6. The number of pyridine rings is 1. The Bertz CT molecular complexity index is 1120. The molecule has 0 saturated heterocycles. The fraction of sp³-hybridized carbons (Fsp3) is 0.0435. The standard InChI is InChI=1S/C23H17N3O/c24-15-17-8-4-5-11-20(17)21-14-18(16-25-23(21)27)22-12-6-7-13-26(22)19-9-2-1-3-10-19/h1-14,16,22H,(H,25,27). The molecular weight excluding hydrogens is 334 g/mol. The topological polar surface area (TPSA) is 59.9 Å². The Balaban J connectivity index is 1.81. The number of aromatic nitrogens is 1. The molecule has 4 rings (SSSR count). The SMILES string of the molecule is N#Cc1ccccc1-c1cc(C2C=CC=CN2c2ccccc2)c[nH]c1=O. The summed E-state index contributed by atoms with van der Waals surface area (Å²) >= 11 is 0. The third-order valence-electron chi connectivity index (χ3n) is 4.61. The van der Waals surface area contributed by atoms with Gasteiger partial charge in [-0.25, -0.2) is 0 Å². The fourth-order valence-electron chi connectivity index (χ4n) is 3.30. The maximum atomic E-state index is 12.5. The third-order valence-corrected chi connectivity index (χ3v) is 4.61. The van der Waals surface area contributed by atoms with E-state index in [1.807, 2.05) is 60.8 Å². The highest BCUT2D eigenvalue weighted by Gasteiger charge is 2.20. The minimum absolute atomic E-state index is 0.0535. The molecule has 0 fully saturated rings. The van der Waals surface area contributed by atoms with Gasteiger partial charge in [-0.15, -0.1) is 0 Å². The molecule has 0 spiro atoms. The molecule has 1 aliphatic rings. The predicted molar refractivity (Wildman–Crippen MR) is 107 cm³/mol. The second kappa shape index (κ2) is 7.19. The van der Waals surface area contributed by atoms with E-state index in [1.54, 1.807) is 24.4 Å². The monoisotopic (exact) mass is 351 g/mol. The van der Waals surface area contributed by atoms with Crippen LogP contribution < -0.4 is 10.5 Å².